The molecule has 0 N–H and O–H groups in total. The molecular formula is C13H23NO2Si. The van der Waals surface area contributed by atoms with Crippen molar-refractivity contribution in [3.05, 3.63) is 30.3 Å². The Hall–Kier alpha value is -0.843. The molecule has 17 heavy (non-hydrogen) atoms. The summed E-state index contributed by atoms with van der Waals surface area (Å²) in [4.78, 5) is 2.26. The molecule has 0 bridgehead atoms. The first kappa shape index (κ1) is 14.2. The second-order valence-corrected chi connectivity index (χ2v) is 7.99. The van der Waals surface area contributed by atoms with Crippen molar-refractivity contribution in [2.75, 3.05) is 32.7 Å². The summed E-state index contributed by atoms with van der Waals surface area (Å²) in [6, 6.07) is 11.4. The largest absolute Gasteiger partial charge is 0.398 e. The maximum atomic E-state index is 5.47. The number of hydrogen-bond acceptors (Lipinski definition) is 3. The van der Waals surface area contributed by atoms with E-state index in [1.165, 1.54) is 5.69 Å². The van der Waals surface area contributed by atoms with Crippen LogP contribution in [0, 0.1) is 0 Å². The molecule has 3 nitrogen and oxygen atoms in total. The van der Waals surface area contributed by atoms with E-state index in [1.807, 2.05) is 6.07 Å². The molecule has 0 radical (unpaired) electrons. The second-order valence-electron chi connectivity index (χ2n) is 4.40. The quantitative estimate of drug-likeness (QED) is 0.697. The Morgan fingerprint density at radius 2 is 1.71 bits per heavy atom. The van der Waals surface area contributed by atoms with Gasteiger partial charge in [0.25, 0.3) is 0 Å². The molecule has 0 aliphatic heterocycles. The Kier molecular flexibility index (Phi) is 5.68. The number of hydrogen-bond donors (Lipinski definition) is 0. The zero-order chi connectivity index (χ0) is 12.7. The average molecular weight is 253 g/mol. The topological polar surface area (TPSA) is 21.7 Å². The summed E-state index contributed by atoms with van der Waals surface area (Å²) in [5, 5.41) is 0. The molecule has 0 aliphatic carbocycles. The van der Waals surface area contributed by atoms with Crippen LogP contribution in [0.1, 0.15) is 6.42 Å². The van der Waals surface area contributed by atoms with Crippen LogP contribution in [0.5, 0.6) is 0 Å². The fraction of sp³-hybridized carbons (Fsp3) is 0.538. The van der Waals surface area contributed by atoms with Gasteiger partial charge < -0.3 is 13.8 Å². The first-order valence-corrected chi connectivity index (χ1v) is 8.50. The van der Waals surface area contributed by atoms with E-state index in [0.29, 0.717) is 0 Å². The van der Waals surface area contributed by atoms with Crippen molar-refractivity contribution in [2.45, 2.75) is 19.0 Å². The number of anilines is 1. The van der Waals surface area contributed by atoms with Gasteiger partial charge in [0, 0.05) is 33.5 Å². The Labute approximate surface area is 106 Å². The summed E-state index contributed by atoms with van der Waals surface area (Å²) >= 11 is 0. The zero-order valence-corrected chi connectivity index (χ0v) is 12.3. The van der Waals surface area contributed by atoms with Crippen molar-refractivity contribution in [3.63, 3.8) is 0 Å². The van der Waals surface area contributed by atoms with Crippen LogP contribution in [0.15, 0.2) is 30.3 Å². The Bertz CT molecular complexity index is 314. The van der Waals surface area contributed by atoms with Gasteiger partial charge in [0.1, 0.15) is 0 Å². The summed E-state index contributed by atoms with van der Waals surface area (Å²) in [6.45, 7) is 3.13. The maximum absolute atomic E-state index is 5.47. The van der Waals surface area contributed by atoms with E-state index in [4.69, 9.17) is 8.85 Å². The van der Waals surface area contributed by atoms with Crippen LogP contribution in [-0.4, -0.2) is 36.4 Å². The highest BCUT2D eigenvalue weighted by atomic mass is 28.4. The van der Waals surface area contributed by atoms with Crippen LogP contribution in [-0.2, 0) is 8.85 Å². The molecule has 0 spiro atoms. The van der Waals surface area contributed by atoms with E-state index < -0.39 is 8.56 Å². The van der Waals surface area contributed by atoms with Crippen LogP contribution in [0.2, 0.25) is 12.6 Å². The van der Waals surface area contributed by atoms with Gasteiger partial charge in [-0.05, 0) is 31.1 Å². The molecule has 0 aromatic heterocycles. The first-order valence-electron chi connectivity index (χ1n) is 5.98. The van der Waals surface area contributed by atoms with Gasteiger partial charge in [-0.3, -0.25) is 0 Å². The van der Waals surface area contributed by atoms with E-state index in [2.05, 4.69) is 42.8 Å². The minimum Gasteiger partial charge on any atom is -0.398 e. The molecule has 96 valence electrons. The maximum Gasteiger partial charge on any atom is 0.334 e. The van der Waals surface area contributed by atoms with E-state index in [9.17, 15) is 0 Å². The van der Waals surface area contributed by atoms with Crippen LogP contribution >= 0.6 is 0 Å². The molecule has 0 atom stereocenters. The third-order valence-electron chi connectivity index (χ3n) is 3.18. The predicted molar refractivity (Wildman–Crippen MR) is 74.8 cm³/mol. The summed E-state index contributed by atoms with van der Waals surface area (Å²) in [7, 11) is 3.72. The lowest BCUT2D eigenvalue weighted by molar-refractivity contribution is 0.249. The van der Waals surface area contributed by atoms with Crippen molar-refractivity contribution >= 4 is 14.2 Å². The average Bonchev–Trinajstić information content (AvgIpc) is 2.39. The first-order chi connectivity index (χ1) is 8.11. The van der Waals surface area contributed by atoms with E-state index in [0.717, 1.165) is 19.0 Å². The molecule has 4 heteroatoms. The molecule has 0 amide bonds. The monoisotopic (exact) mass is 253 g/mol. The van der Waals surface area contributed by atoms with Gasteiger partial charge in [-0.25, -0.2) is 0 Å². The molecule has 0 fully saturated rings. The fourth-order valence-electron chi connectivity index (χ4n) is 1.74. The summed E-state index contributed by atoms with van der Waals surface area (Å²) in [5.41, 5.74) is 1.26. The van der Waals surface area contributed by atoms with Gasteiger partial charge in [0.05, 0.1) is 0 Å². The predicted octanol–water partition coefficient (Wildman–Crippen LogP) is 2.88. The lowest BCUT2D eigenvalue weighted by atomic mass is 10.3. The van der Waals surface area contributed by atoms with Crippen molar-refractivity contribution in [1.82, 2.24) is 0 Å². The SMILES string of the molecule is CO[Si](C)(CCCN(C)c1ccccc1)OC. The van der Waals surface area contributed by atoms with Gasteiger partial charge in [-0.1, -0.05) is 18.2 Å². The van der Waals surface area contributed by atoms with Gasteiger partial charge in [0.15, 0.2) is 0 Å². The lowest BCUT2D eigenvalue weighted by Gasteiger charge is -2.25. The minimum absolute atomic E-state index is 1.02. The number of rotatable bonds is 7. The van der Waals surface area contributed by atoms with Crippen molar-refractivity contribution in [2.24, 2.45) is 0 Å². The molecule has 0 saturated carbocycles. The zero-order valence-electron chi connectivity index (χ0n) is 11.3. The van der Waals surface area contributed by atoms with Gasteiger partial charge in [-0.15, -0.1) is 0 Å². The smallest absolute Gasteiger partial charge is 0.334 e. The highest BCUT2D eigenvalue weighted by molar-refractivity contribution is 6.65. The van der Waals surface area contributed by atoms with Crippen LogP contribution in [0.25, 0.3) is 0 Å². The molecular weight excluding hydrogens is 230 g/mol. The third-order valence-corrected chi connectivity index (χ3v) is 6.17. The normalized spacial score (nSPS) is 11.5. The van der Waals surface area contributed by atoms with E-state index in [1.54, 1.807) is 14.2 Å². The van der Waals surface area contributed by atoms with Crippen molar-refractivity contribution in [3.8, 4) is 0 Å². The van der Waals surface area contributed by atoms with Crippen LogP contribution in [0.4, 0.5) is 5.69 Å². The van der Waals surface area contributed by atoms with Crippen molar-refractivity contribution in [1.29, 1.82) is 0 Å². The number of para-hydroxylation sites is 1. The Balaban J connectivity index is 2.37. The van der Waals surface area contributed by atoms with Gasteiger partial charge in [0.2, 0.25) is 0 Å². The molecule has 1 aromatic rings. The lowest BCUT2D eigenvalue weighted by Crippen LogP contribution is -2.36. The van der Waals surface area contributed by atoms with Crippen LogP contribution in [0.3, 0.4) is 0 Å². The fourth-order valence-corrected chi connectivity index (χ4v) is 3.11. The molecule has 0 aliphatic rings. The van der Waals surface area contributed by atoms with Gasteiger partial charge in [-0.2, -0.15) is 0 Å². The number of nitrogens with zero attached hydrogens (tertiary/aromatic N) is 1. The molecule has 0 unspecified atom stereocenters. The highest BCUT2D eigenvalue weighted by Gasteiger charge is 2.27. The Morgan fingerprint density at radius 1 is 1.12 bits per heavy atom. The van der Waals surface area contributed by atoms with E-state index >= 15 is 0 Å². The van der Waals surface area contributed by atoms with Gasteiger partial charge >= 0.3 is 8.56 Å². The molecule has 1 aromatic carbocycles. The van der Waals surface area contributed by atoms with Crippen molar-refractivity contribution < 1.29 is 8.85 Å². The summed E-state index contributed by atoms with van der Waals surface area (Å²) in [6.07, 6.45) is 1.09. The van der Waals surface area contributed by atoms with E-state index in [-0.39, 0.29) is 0 Å². The number of benzene rings is 1. The minimum atomic E-state index is -1.89. The molecule has 0 saturated heterocycles. The summed E-state index contributed by atoms with van der Waals surface area (Å²) in [5.74, 6) is 0. The summed E-state index contributed by atoms with van der Waals surface area (Å²) < 4.78 is 10.9. The standard InChI is InChI=1S/C13H23NO2Si/c1-14(13-9-6-5-7-10-13)11-8-12-17(4,15-2)16-3/h5-7,9-10H,8,11-12H2,1-4H3. The third kappa shape index (κ3) is 4.50. The van der Waals surface area contributed by atoms with Crippen LogP contribution < -0.4 is 4.90 Å². The Morgan fingerprint density at radius 3 is 2.24 bits per heavy atom. The highest BCUT2D eigenvalue weighted by Crippen LogP contribution is 2.16. The second kappa shape index (κ2) is 6.79. The molecule has 0 heterocycles. The molecule has 1 rings (SSSR count).